The number of fused-ring (bicyclic) bond motifs is 5. The zero-order chi connectivity index (χ0) is 35.9. The van der Waals surface area contributed by atoms with Gasteiger partial charge in [0.1, 0.15) is 6.10 Å². The smallest absolute Gasteiger partial charge is 0.306 e. The number of esters is 2. The third kappa shape index (κ3) is 10.6. The number of carbonyl (C=O) groups is 2. The van der Waals surface area contributed by atoms with Crippen LogP contribution in [0.2, 0.25) is 0 Å². The first-order valence-electron chi connectivity index (χ1n) is 20.8. The average molecular weight is 698 g/mol. The molecule has 0 aromatic carbocycles. The monoisotopic (exact) mass is 698 g/mol. The summed E-state index contributed by atoms with van der Waals surface area (Å²) < 4.78 is 11.4. The van der Waals surface area contributed by atoms with Crippen LogP contribution in [-0.2, 0) is 19.1 Å². The van der Waals surface area contributed by atoms with Crippen molar-refractivity contribution < 1.29 is 19.1 Å². The van der Waals surface area contributed by atoms with Gasteiger partial charge in [-0.15, -0.1) is 0 Å². The van der Waals surface area contributed by atoms with E-state index in [1.807, 2.05) is 12.4 Å². The van der Waals surface area contributed by atoms with Gasteiger partial charge in [-0.2, -0.15) is 0 Å². The van der Waals surface area contributed by atoms with Gasteiger partial charge in [0.15, 0.2) is 0 Å². The zero-order valence-electron chi connectivity index (χ0n) is 32.2. The number of hydrogen-bond acceptors (Lipinski definition) is 5. The van der Waals surface area contributed by atoms with Crippen molar-refractivity contribution in [2.24, 2.45) is 28.6 Å². The van der Waals surface area contributed by atoms with Crippen molar-refractivity contribution >= 4 is 17.5 Å². The van der Waals surface area contributed by atoms with E-state index < -0.39 is 0 Å². The minimum Gasteiger partial charge on any atom is -0.466 e. The summed E-state index contributed by atoms with van der Waals surface area (Å²) in [6.07, 6.45) is 40.1. The molecule has 0 radical (unpaired) electrons. The number of aromatic nitrogens is 1. The molecule has 1 heterocycles. The number of rotatable bonds is 20. The number of nitrogens with zero attached hydrogens (tertiary/aromatic N) is 1. The second-order valence-electron chi connectivity index (χ2n) is 16.5. The van der Waals surface area contributed by atoms with Gasteiger partial charge in [0.05, 0.1) is 19.4 Å². The van der Waals surface area contributed by atoms with Gasteiger partial charge >= 0.3 is 11.9 Å². The SMILES string of the molecule is CCCCC/C=C\C/C=C\CCCCCCCCOC(=O)CCC(=O)O[C@H]1CC[C@@]2(C)C(=CC[C@@H]3[C@@H]2CC[C@]2(C)C(c4cccnc4)=CC[C@@H]32)C1. The summed E-state index contributed by atoms with van der Waals surface area (Å²) in [5.74, 6) is 1.51. The quantitative estimate of drug-likeness (QED) is 0.0771. The molecule has 51 heavy (non-hydrogen) atoms. The van der Waals surface area contributed by atoms with Crippen molar-refractivity contribution in [3.8, 4) is 0 Å². The van der Waals surface area contributed by atoms with Gasteiger partial charge in [-0.1, -0.05) is 107 Å². The summed E-state index contributed by atoms with van der Waals surface area (Å²) in [7, 11) is 0. The highest BCUT2D eigenvalue weighted by molar-refractivity contribution is 5.77. The fourth-order valence-corrected chi connectivity index (χ4v) is 10.1. The Balaban J connectivity index is 0.918. The molecular formula is C46H67NO4. The van der Waals surface area contributed by atoms with Gasteiger partial charge in [0, 0.05) is 18.8 Å². The number of pyridine rings is 1. The highest BCUT2D eigenvalue weighted by Crippen LogP contribution is 2.66. The van der Waals surface area contributed by atoms with Gasteiger partial charge < -0.3 is 9.47 Å². The molecule has 0 N–H and O–H groups in total. The van der Waals surface area contributed by atoms with Crippen molar-refractivity contribution in [2.45, 2.75) is 162 Å². The summed E-state index contributed by atoms with van der Waals surface area (Å²) in [6.45, 7) is 7.69. The predicted octanol–water partition coefficient (Wildman–Crippen LogP) is 12.1. The largest absolute Gasteiger partial charge is 0.466 e. The van der Waals surface area contributed by atoms with E-state index in [1.165, 1.54) is 87.3 Å². The van der Waals surface area contributed by atoms with Gasteiger partial charge in [-0.05, 0) is 123 Å². The van der Waals surface area contributed by atoms with E-state index in [9.17, 15) is 9.59 Å². The summed E-state index contributed by atoms with van der Waals surface area (Å²) in [4.78, 5) is 29.5. The fraction of sp³-hybridized carbons (Fsp3) is 0.674. The molecule has 6 atom stereocenters. The molecule has 280 valence electrons. The first-order valence-corrected chi connectivity index (χ1v) is 20.8. The summed E-state index contributed by atoms with van der Waals surface area (Å²) >= 11 is 0. The minimum atomic E-state index is -0.288. The third-order valence-corrected chi connectivity index (χ3v) is 13.1. The van der Waals surface area contributed by atoms with Crippen molar-refractivity contribution in [1.82, 2.24) is 4.98 Å². The van der Waals surface area contributed by atoms with Crippen LogP contribution in [0.1, 0.15) is 161 Å². The third-order valence-electron chi connectivity index (χ3n) is 13.1. The van der Waals surface area contributed by atoms with E-state index in [1.54, 1.807) is 0 Å². The molecule has 5 nitrogen and oxygen atoms in total. The van der Waals surface area contributed by atoms with Crippen molar-refractivity contribution in [3.63, 3.8) is 0 Å². The lowest BCUT2D eigenvalue weighted by Gasteiger charge is -2.57. The summed E-state index contributed by atoms with van der Waals surface area (Å²) in [6, 6.07) is 4.29. The number of unbranched alkanes of at least 4 members (excludes halogenated alkanes) is 9. The fourth-order valence-electron chi connectivity index (χ4n) is 10.1. The Morgan fingerprint density at radius 2 is 1.55 bits per heavy atom. The highest BCUT2D eigenvalue weighted by atomic mass is 16.5. The lowest BCUT2D eigenvalue weighted by atomic mass is 9.47. The standard InChI is InChI=1S/C46H67NO4/c1-4-5-6-7-8-9-10-11-12-13-14-15-16-17-18-19-33-50-43(48)26-27-44(49)51-38-28-30-45(2)37(34-38)22-23-39-41-25-24-40(36-21-20-32-47-35-36)46(41,3)31-29-42(39)45/h8-9,11-12,20-22,24,32,35,38-39,41-42H,4-7,10,13-19,23,25-31,33-34H2,1-3H3/b9-8-,12-11-/t38-,39-,41-,42-,45-,46+/m0/s1. The van der Waals surface area contributed by atoms with Crippen LogP contribution in [0.5, 0.6) is 0 Å². The summed E-state index contributed by atoms with van der Waals surface area (Å²) in [5.41, 5.74) is 4.72. The Morgan fingerprint density at radius 3 is 2.31 bits per heavy atom. The van der Waals surface area contributed by atoms with Crippen molar-refractivity contribution in [3.05, 3.63) is 72.1 Å². The number of hydrogen-bond donors (Lipinski definition) is 0. The second-order valence-corrected chi connectivity index (χ2v) is 16.5. The normalized spacial score (nSPS) is 28.5. The van der Waals surface area contributed by atoms with Gasteiger partial charge in [0.25, 0.3) is 0 Å². The minimum absolute atomic E-state index is 0.0816. The molecule has 4 aliphatic rings. The van der Waals surface area contributed by atoms with Gasteiger partial charge in [-0.3, -0.25) is 14.6 Å². The molecule has 2 saturated carbocycles. The first kappa shape index (κ1) is 39.3. The van der Waals surface area contributed by atoms with E-state index in [0.717, 1.165) is 51.4 Å². The first-order chi connectivity index (χ1) is 24.8. The average Bonchev–Trinajstić information content (AvgIpc) is 3.50. The van der Waals surface area contributed by atoms with Gasteiger partial charge in [0.2, 0.25) is 0 Å². The Kier molecular flexibility index (Phi) is 15.2. The van der Waals surface area contributed by atoms with Crippen LogP contribution in [0.25, 0.3) is 5.57 Å². The Hall–Kier alpha value is -2.95. The number of allylic oxidation sites excluding steroid dienone is 7. The topological polar surface area (TPSA) is 65.5 Å². The maximum atomic E-state index is 12.8. The molecule has 5 heteroatoms. The predicted molar refractivity (Wildman–Crippen MR) is 209 cm³/mol. The molecule has 0 spiro atoms. The number of ether oxygens (including phenoxy) is 2. The maximum Gasteiger partial charge on any atom is 0.306 e. The second kappa shape index (κ2) is 19.8. The molecule has 1 aromatic rings. The van der Waals surface area contributed by atoms with Crippen molar-refractivity contribution in [1.29, 1.82) is 0 Å². The van der Waals surface area contributed by atoms with E-state index in [2.05, 4.69) is 74.3 Å². The molecule has 4 aliphatic carbocycles. The lowest BCUT2D eigenvalue weighted by molar-refractivity contribution is -0.155. The highest BCUT2D eigenvalue weighted by Gasteiger charge is 2.57. The van der Waals surface area contributed by atoms with E-state index in [0.29, 0.717) is 24.4 Å². The van der Waals surface area contributed by atoms with Crippen LogP contribution >= 0.6 is 0 Å². The molecule has 0 unspecified atom stereocenters. The van der Waals surface area contributed by atoms with E-state index in [4.69, 9.17) is 9.47 Å². The van der Waals surface area contributed by atoms with E-state index >= 15 is 0 Å². The molecule has 5 rings (SSSR count). The lowest BCUT2D eigenvalue weighted by Crippen LogP contribution is -2.50. The van der Waals surface area contributed by atoms with Gasteiger partial charge in [-0.25, -0.2) is 0 Å². The molecule has 0 saturated heterocycles. The Morgan fingerprint density at radius 1 is 0.824 bits per heavy atom. The van der Waals surface area contributed by atoms with Crippen molar-refractivity contribution in [2.75, 3.05) is 6.61 Å². The van der Waals surface area contributed by atoms with Crippen LogP contribution in [0.4, 0.5) is 0 Å². The van der Waals surface area contributed by atoms with Crippen LogP contribution in [0.3, 0.4) is 0 Å². The molecular weight excluding hydrogens is 631 g/mol. The van der Waals surface area contributed by atoms with Crippen LogP contribution in [-0.4, -0.2) is 29.6 Å². The zero-order valence-corrected chi connectivity index (χ0v) is 32.2. The maximum absolute atomic E-state index is 12.8. The van der Waals surface area contributed by atoms with Crippen LogP contribution < -0.4 is 0 Å². The Bertz CT molecular complexity index is 1380. The molecule has 1 aromatic heterocycles. The van der Waals surface area contributed by atoms with E-state index in [-0.39, 0.29) is 41.7 Å². The molecule has 0 aliphatic heterocycles. The molecule has 0 bridgehead atoms. The molecule has 2 fully saturated rings. The van der Waals surface area contributed by atoms with Crippen LogP contribution in [0, 0.1) is 28.6 Å². The Labute approximate surface area is 309 Å². The van der Waals surface area contributed by atoms with Crippen LogP contribution in [0.15, 0.2) is 66.6 Å². The number of carbonyl (C=O) groups excluding carboxylic acids is 2. The molecule has 0 amide bonds. The summed E-state index contributed by atoms with van der Waals surface area (Å²) in [5, 5.41) is 0.